The van der Waals surface area contributed by atoms with Gasteiger partial charge in [-0.2, -0.15) is 0 Å². The molecule has 0 spiro atoms. The number of esters is 1. The van der Waals surface area contributed by atoms with Gasteiger partial charge in [0.15, 0.2) is 5.78 Å². The van der Waals surface area contributed by atoms with Gasteiger partial charge in [0.1, 0.15) is 0 Å². The Bertz CT molecular complexity index is 682. The maximum Gasteiger partial charge on any atom is 0.330 e. The standard InChI is InChI=1S/C23H32O3/c1-7-19(15-20-16-23(5,6)13-12-21(20)24)18(4)11-9-10-17(3)14-22(25)26-8-2/h7,9-11,14-15H,8,12-13,16H2,1-6H3/b10-9+,17-14+,18-11+,19-7+,20-15+. The van der Waals surface area contributed by atoms with Crippen molar-refractivity contribution in [3.63, 3.8) is 0 Å². The Morgan fingerprint density at radius 3 is 2.58 bits per heavy atom. The molecule has 0 aromatic heterocycles. The molecule has 1 aliphatic rings. The summed E-state index contributed by atoms with van der Waals surface area (Å²) in [5.74, 6) is -0.0621. The van der Waals surface area contributed by atoms with Crippen LogP contribution in [-0.2, 0) is 14.3 Å². The third kappa shape index (κ3) is 7.38. The highest BCUT2D eigenvalue weighted by molar-refractivity contribution is 5.96. The molecule has 1 saturated carbocycles. The van der Waals surface area contributed by atoms with Gasteiger partial charge >= 0.3 is 5.97 Å². The zero-order valence-electron chi connectivity index (χ0n) is 17.0. The predicted molar refractivity (Wildman–Crippen MR) is 108 cm³/mol. The summed E-state index contributed by atoms with van der Waals surface area (Å²) in [7, 11) is 0. The molecule has 0 unspecified atom stereocenters. The average Bonchev–Trinajstić information content (AvgIpc) is 2.55. The molecule has 0 aromatic carbocycles. The van der Waals surface area contributed by atoms with Gasteiger partial charge in [-0.05, 0) is 74.3 Å². The molecule has 0 N–H and O–H groups in total. The van der Waals surface area contributed by atoms with E-state index in [-0.39, 0.29) is 17.2 Å². The second-order valence-corrected chi connectivity index (χ2v) is 7.53. The zero-order chi connectivity index (χ0) is 19.7. The summed E-state index contributed by atoms with van der Waals surface area (Å²) < 4.78 is 4.89. The number of hydrogen-bond acceptors (Lipinski definition) is 3. The van der Waals surface area contributed by atoms with Crippen LogP contribution >= 0.6 is 0 Å². The average molecular weight is 357 g/mol. The van der Waals surface area contributed by atoms with Gasteiger partial charge in [-0.25, -0.2) is 4.79 Å². The Balaban J connectivity index is 2.89. The topological polar surface area (TPSA) is 43.4 Å². The third-order valence-corrected chi connectivity index (χ3v) is 4.49. The van der Waals surface area contributed by atoms with E-state index >= 15 is 0 Å². The molecule has 0 aliphatic heterocycles. The Morgan fingerprint density at radius 1 is 1.27 bits per heavy atom. The van der Waals surface area contributed by atoms with E-state index in [1.807, 2.05) is 51.2 Å². The molecule has 0 aromatic rings. The van der Waals surface area contributed by atoms with E-state index in [2.05, 4.69) is 13.8 Å². The first-order valence-electron chi connectivity index (χ1n) is 9.29. The van der Waals surface area contributed by atoms with Gasteiger partial charge in [-0.3, -0.25) is 4.79 Å². The minimum Gasteiger partial charge on any atom is -0.463 e. The lowest BCUT2D eigenvalue weighted by Crippen LogP contribution is -2.23. The van der Waals surface area contributed by atoms with Crippen LogP contribution in [0.15, 0.2) is 58.7 Å². The lowest BCUT2D eigenvalue weighted by atomic mass is 9.74. The summed E-state index contributed by atoms with van der Waals surface area (Å²) >= 11 is 0. The van der Waals surface area contributed by atoms with Crippen molar-refractivity contribution in [1.29, 1.82) is 0 Å². The van der Waals surface area contributed by atoms with Crippen molar-refractivity contribution >= 4 is 11.8 Å². The highest BCUT2D eigenvalue weighted by Crippen LogP contribution is 2.37. The fourth-order valence-corrected chi connectivity index (χ4v) is 2.92. The summed E-state index contributed by atoms with van der Waals surface area (Å²) in [6, 6.07) is 0. The van der Waals surface area contributed by atoms with Gasteiger partial charge in [0, 0.05) is 12.5 Å². The van der Waals surface area contributed by atoms with Crippen molar-refractivity contribution in [3.05, 3.63) is 58.7 Å². The Kier molecular flexibility index (Phi) is 8.50. The second kappa shape index (κ2) is 10.1. The number of rotatable bonds is 6. The van der Waals surface area contributed by atoms with Crippen LogP contribution in [0.1, 0.15) is 60.8 Å². The maximum absolute atomic E-state index is 12.2. The fourth-order valence-electron chi connectivity index (χ4n) is 2.92. The van der Waals surface area contributed by atoms with Crippen LogP contribution in [0, 0.1) is 5.41 Å². The molecule has 0 heterocycles. The van der Waals surface area contributed by atoms with E-state index < -0.39 is 0 Å². The number of carbonyl (C=O) groups excluding carboxylic acids is 2. The van der Waals surface area contributed by atoms with Crippen LogP contribution in [-0.4, -0.2) is 18.4 Å². The molecule has 26 heavy (non-hydrogen) atoms. The number of hydrogen-bond donors (Lipinski definition) is 0. The van der Waals surface area contributed by atoms with E-state index in [9.17, 15) is 9.59 Å². The van der Waals surface area contributed by atoms with Crippen molar-refractivity contribution in [2.75, 3.05) is 6.61 Å². The molecule has 142 valence electrons. The quantitative estimate of drug-likeness (QED) is 0.351. The number of Topliss-reactive ketones (excluding diaryl/α,β-unsaturated/α-hetero) is 1. The van der Waals surface area contributed by atoms with Crippen molar-refractivity contribution in [3.8, 4) is 0 Å². The molecule has 0 bridgehead atoms. The van der Waals surface area contributed by atoms with Crippen LogP contribution in [0.2, 0.25) is 0 Å². The first-order valence-corrected chi connectivity index (χ1v) is 9.29. The van der Waals surface area contributed by atoms with E-state index in [0.29, 0.717) is 13.0 Å². The van der Waals surface area contributed by atoms with E-state index in [0.717, 1.165) is 35.1 Å². The summed E-state index contributed by atoms with van der Waals surface area (Å²) in [5, 5.41) is 0. The summed E-state index contributed by atoms with van der Waals surface area (Å²) in [5.41, 5.74) is 4.08. The molecule has 1 fully saturated rings. The van der Waals surface area contributed by atoms with E-state index in [1.54, 1.807) is 6.92 Å². The minimum atomic E-state index is -0.326. The number of ketones is 1. The van der Waals surface area contributed by atoms with Gasteiger partial charge < -0.3 is 4.74 Å². The van der Waals surface area contributed by atoms with Crippen LogP contribution in [0.25, 0.3) is 0 Å². The summed E-state index contributed by atoms with van der Waals surface area (Å²) in [6.45, 7) is 12.5. The van der Waals surface area contributed by atoms with Crippen LogP contribution in [0.4, 0.5) is 0 Å². The van der Waals surface area contributed by atoms with Gasteiger partial charge in [-0.15, -0.1) is 0 Å². The van der Waals surface area contributed by atoms with Gasteiger partial charge in [0.05, 0.1) is 6.61 Å². The van der Waals surface area contributed by atoms with Crippen molar-refractivity contribution < 1.29 is 14.3 Å². The van der Waals surface area contributed by atoms with Gasteiger partial charge in [0.25, 0.3) is 0 Å². The van der Waals surface area contributed by atoms with Crippen LogP contribution in [0.5, 0.6) is 0 Å². The van der Waals surface area contributed by atoms with Crippen molar-refractivity contribution in [1.82, 2.24) is 0 Å². The normalized spacial score (nSPS) is 20.8. The molecule has 1 rings (SSSR count). The molecule has 0 atom stereocenters. The molecule has 0 radical (unpaired) electrons. The molecule has 1 aliphatic carbocycles. The van der Waals surface area contributed by atoms with E-state index in [1.165, 1.54) is 6.08 Å². The lowest BCUT2D eigenvalue weighted by Gasteiger charge is -2.30. The maximum atomic E-state index is 12.2. The highest BCUT2D eigenvalue weighted by Gasteiger charge is 2.29. The molecular weight excluding hydrogens is 324 g/mol. The van der Waals surface area contributed by atoms with Gasteiger partial charge in [0.2, 0.25) is 0 Å². The first-order chi connectivity index (χ1) is 12.2. The molecular formula is C23H32O3. The number of ether oxygens (including phenoxy) is 1. The molecule has 0 amide bonds. The van der Waals surface area contributed by atoms with Crippen molar-refractivity contribution in [2.45, 2.75) is 60.8 Å². The monoisotopic (exact) mass is 356 g/mol. The van der Waals surface area contributed by atoms with Crippen molar-refractivity contribution in [2.24, 2.45) is 5.41 Å². The van der Waals surface area contributed by atoms with Crippen LogP contribution in [0.3, 0.4) is 0 Å². The summed E-state index contributed by atoms with van der Waals surface area (Å²) in [4.78, 5) is 23.6. The molecule has 3 heteroatoms. The predicted octanol–water partition coefficient (Wildman–Crippen LogP) is 5.65. The highest BCUT2D eigenvalue weighted by atomic mass is 16.5. The SMILES string of the molecule is C/C=C(\C=C1/CC(C)(C)CCC1=O)C(/C)=C/C=C/C(C)=C/C(=O)OCC. The molecule has 3 nitrogen and oxygen atoms in total. The zero-order valence-corrected chi connectivity index (χ0v) is 17.0. The Labute approximate surface area is 158 Å². The third-order valence-electron chi connectivity index (χ3n) is 4.49. The summed E-state index contributed by atoms with van der Waals surface area (Å²) in [6.07, 6.45) is 13.7. The largest absolute Gasteiger partial charge is 0.463 e. The van der Waals surface area contributed by atoms with Crippen LogP contribution < -0.4 is 0 Å². The minimum absolute atomic E-state index is 0.186. The lowest BCUT2D eigenvalue weighted by molar-refractivity contribution is -0.137. The van der Waals surface area contributed by atoms with E-state index in [4.69, 9.17) is 4.74 Å². The molecule has 0 saturated heterocycles. The number of allylic oxidation sites excluding steroid dienone is 9. The van der Waals surface area contributed by atoms with Gasteiger partial charge in [-0.1, -0.05) is 38.2 Å². The second-order valence-electron chi connectivity index (χ2n) is 7.53. The smallest absolute Gasteiger partial charge is 0.330 e. The Morgan fingerprint density at radius 2 is 1.96 bits per heavy atom. The first kappa shape index (κ1) is 21.9. The Hall–Kier alpha value is -2.16. The fraction of sp³-hybridized carbons (Fsp3) is 0.478. The number of carbonyl (C=O) groups is 2.